The first kappa shape index (κ1) is 17.0. The normalized spacial score (nSPS) is 16.1. The molecule has 1 aromatic heterocycles. The Bertz CT molecular complexity index is 706. The summed E-state index contributed by atoms with van der Waals surface area (Å²) < 4.78 is 5.72. The Morgan fingerprint density at radius 2 is 2.21 bits per heavy atom. The van der Waals surface area contributed by atoms with E-state index < -0.39 is 0 Å². The number of halogens is 1. The van der Waals surface area contributed by atoms with Gasteiger partial charge in [0.05, 0.1) is 16.8 Å². The lowest BCUT2D eigenvalue weighted by molar-refractivity contribution is 0.101. The zero-order valence-electron chi connectivity index (χ0n) is 13.6. The Kier molecular flexibility index (Phi) is 5.23. The first-order valence-corrected chi connectivity index (χ1v) is 8.45. The molecule has 2 N–H and O–H groups in total. The van der Waals surface area contributed by atoms with Crippen molar-refractivity contribution in [1.29, 1.82) is 0 Å². The molecule has 0 saturated carbocycles. The van der Waals surface area contributed by atoms with Gasteiger partial charge in [-0.15, -0.1) is 0 Å². The first-order chi connectivity index (χ1) is 11.6. The molecule has 0 fully saturated rings. The second kappa shape index (κ2) is 7.38. The average molecular weight is 349 g/mol. The number of hydrogen-bond acceptors (Lipinski definition) is 5. The summed E-state index contributed by atoms with van der Waals surface area (Å²) in [6, 6.07) is 7.22. The highest BCUT2D eigenvalue weighted by molar-refractivity contribution is 6.30. The molecule has 0 aliphatic carbocycles. The second-order valence-electron chi connectivity index (χ2n) is 5.99. The van der Waals surface area contributed by atoms with Crippen molar-refractivity contribution in [1.82, 2.24) is 9.88 Å². The number of hydrogen-bond donors (Lipinski definition) is 2. The van der Waals surface area contributed by atoms with E-state index in [2.05, 4.69) is 9.88 Å². The Hall–Kier alpha value is -1.82. The number of β-amino-alcohol motifs (C(OH)–C–C–N with tert-alkyl or cyclic N) is 1. The Morgan fingerprint density at radius 1 is 1.38 bits per heavy atom. The molecule has 0 radical (unpaired) electrons. The Morgan fingerprint density at radius 3 is 2.92 bits per heavy atom. The van der Waals surface area contributed by atoms with Crippen LogP contribution in [-0.2, 0) is 6.54 Å². The van der Waals surface area contributed by atoms with Crippen molar-refractivity contribution < 1.29 is 14.9 Å². The number of benzene rings is 1. The smallest absolute Gasteiger partial charge is 0.165 e. The van der Waals surface area contributed by atoms with Gasteiger partial charge in [-0.25, -0.2) is 0 Å². The zero-order valence-corrected chi connectivity index (χ0v) is 14.3. The molecule has 0 amide bonds. The van der Waals surface area contributed by atoms with E-state index in [1.807, 2.05) is 19.1 Å². The third kappa shape index (κ3) is 3.80. The number of pyridine rings is 1. The highest BCUT2D eigenvalue weighted by atomic mass is 35.5. The fourth-order valence-electron chi connectivity index (χ4n) is 2.83. The SMILES string of the molecule is CC[C@H](O)CN1CCOc2c(O)cc(-c3ccc(Cl)cn3)cc2C1. The van der Waals surface area contributed by atoms with Crippen LogP contribution < -0.4 is 4.74 Å². The highest BCUT2D eigenvalue weighted by Gasteiger charge is 2.21. The van der Waals surface area contributed by atoms with E-state index in [1.165, 1.54) is 0 Å². The summed E-state index contributed by atoms with van der Waals surface area (Å²) in [6.07, 6.45) is 1.94. The zero-order chi connectivity index (χ0) is 17.1. The molecule has 3 rings (SSSR count). The van der Waals surface area contributed by atoms with Crippen LogP contribution in [0.1, 0.15) is 18.9 Å². The molecule has 1 aliphatic heterocycles. The number of aromatic hydroxyl groups is 1. The lowest BCUT2D eigenvalue weighted by Gasteiger charge is -2.22. The monoisotopic (exact) mass is 348 g/mol. The van der Waals surface area contributed by atoms with Crippen LogP contribution in [0, 0.1) is 0 Å². The van der Waals surface area contributed by atoms with E-state index in [1.54, 1.807) is 18.3 Å². The molecule has 2 heterocycles. The van der Waals surface area contributed by atoms with Crippen LogP contribution in [-0.4, -0.2) is 45.9 Å². The molecule has 0 spiro atoms. The van der Waals surface area contributed by atoms with Gasteiger partial charge in [0.1, 0.15) is 6.61 Å². The third-order valence-corrected chi connectivity index (χ3v) is 4.38. The van der Waals surface area contributed by atoms with Crippen molar-refractivity contribution >= 4 is 11.6 Å². The van der Waals surface area contributed by atoms with Crippen LogP contribution in [0.4, 0.5) is 0 Å². The van der Waals surface area contributed by atoms with E-state index in [0.29, 0.717) is 43.4 Å². The molecule has 0 saturated heterocycles. The molecular weight excluding hydrogens is 328 g/mol. The first-order valence-electron chi connectivity index (χ1n) is 8.08. The van der Waals surface area contributed by atoms with Crippen LogP contribution in [0.2, 0.25) is 5.02 Å². The van der Waals surface area contributed by atoms with Crippen molar-refractivity contribution in [3.05, 3.63) is 41.0 Å². The standard InChI is InChI=1S/C18H21ClN2O3/c1-2-15(22)11-21-5-6-24-18-13(10-21)7-12(8-17(18)23)16-4-3-14(19)9-20-16/h3-4,7-9,15,22-23H,2,5-6,10-11H2,1H3/t15-/m0/s1. The van der Waals surface area contributed by atoms with E-state index in [9.17, 15) is 10.2 Å². The summed E-state index contributed by atoms with van der Waals surface area (Å²) in [5.74, 6) is 0.623. The van der Waals surface area contributed by atoms with Crippen molar-refractivity contribution in [2.45, 2.75) is 26.0 Å². The highest BCUT2D eigenvalue weighted by Crippen LogP contribution is 2.37. The quantitative estimate of drug-likeness (QED) is 0.889. The van der Waals surface area contributed by atoms with Gasteiger partial charge in [0.2, 0.25) is 0 Å². The Labute approximate surface area is 146 Å². The number of fused-ring (bicyclic) bond motifs is 1. The maximum absolute atomic E-state index is 10.3. The lowest BCUT2D eigenvalue weighted by Crippen LogP contribution is -2.33. The van der Waals surface area contributed by atoms with Gasteiger partial charge in [-0.05, 0) is 30.7 Å². The van der Waals surface area contributed by atoms with Crippen LogP contribution in [0.15, 0.2) is 30.5 Å². The average Bonchev–Trinajstić information content (AvgIpc) is 2.77. The molecule has 1 aromatic carbocycles. The minimum Gasteiger partial charge on any atom is -0.504 e. The maximum atomic E-state index is 10.3. The summed E-state index contributed by atoms with van der Waals surface area (Å²) in [6.45, 7) is 4.35. The van der Waals surface area contributed by atoms with Gasteiger partial charge < -0.3 is 14.9 Å². The summed E-state index contributed by atoms with van der Waals surface area (Å²) in [5, 5.41) is 20.8. The number of aromatic nitrogens is 1. The van der Waals surface area contributed by atoms with E-state index in [0.717, 1.165) is 16.8 Å². The van der Waals surface area contributed by atoms with Crippen molar-refractivity contribution in [2.75, 3.05) is 19.7 Å². The largest absolute Gasteiger partial charge is 0.504 e. The molecule has 6 heteroatoms. The van der Waals surface area contributed by atoms with Crippen LogP contribution in [0.3, 0.4) is 0 Å². The summed E-state index contributed by atoms with van der Waals surface area (Å²) >= 11 is 5.89. The molecule has 0 bridgehead atoms. The molecule has 128 valence electrons. The van der Waals surface area contributed by atoms with E-state index in [-0.39, 0.29) is 11.9 Å². The van der Waals surface area contributed by atoms with Gasteiger partial charge >= 0.3 is 0 Å². The minimum atomic E-state index is -0.360. The minimum absolute atomic E-state index is 0.108. The molecule has 24 heavy (non-hydrogen) atoms. The fourth-order valence-corrected chi connectivity index (χ4v) is 2.94. The molecule has 5 nitrogen and oxygen atoms in total. The summed E-state index contributed by atoms with van der Waals surface area (Å²) in [7, 11) is 0. The summed E-state index contributed by atoms with van der Waals surface area (Å²) in [4.78, 5) is 6.44. The number of rotatable bonds is 4. The second-order valence-corrected chi connectivity index (χ2v) is 6.43. The third-order valence-electron chi connectivity index (χ3n) is 4.16. The van der Waals surface area contributed by atoms with Gasteiger partial charge in [0.25, 0.3) is 0 Å². The lowest BCUT2D eigenvalue weighted by atomic mass is 10.0. The molecular formula is C18H21ClN2O3. The molecule has 0 unspecified atom stereocenters. The predicted molar refractivity (Wildman–Crippen MR) is 93.4 cm³/mol. The molecule has 1 aliphatic rings. The Balaban J connectivity index is 1.91. The van der Waals surface area contributed by atoms with Crippen LogP contribution in [0.25, 0.3) is 11.3 Å². The fraction of sp³-hybridized carbons (Fsp3) is 0.389. The van der Waals surface area contributed by atoms with Gasteiger partial charge in [0, 0.05) is 37.0 Å². The number of nitrogens with zero attached hydrogens (tertiary/aromatic N) is 2. The van der Waals surface area contributed by atoms with Crippen molar-refractivity contribution in [3.63, 3.8) is 0 Å². The van der Waals surface area contributed by atoms with E-state index in [4.69, 9.17) is 16.3 Å². The topological polar surface area (TPSA) is 65.8 Å². The van der Waals surface area contributed by atoms with Gasteiger partial charge in [0.15, 0.2) is 11.5 Å². The van der Waals surface area contributed by atoms with Crippen LogP contribution in [0.5, 0.6) is 11.5 Å². The van der Waals surface area contributed by atoms with Gasteiger partial charge in [-0.1, -0.05) is 18.5 Å². The number of aliphatic hydroxyl groups is 1. The summed E-state index contributed by atoms with van der Waals surface area (Å²) in [5.41, 5.74) is 2.44. The molecule has 1 atom stereocenters. The predicted octanol–water partition coefficient (Wildman–Crippen LogP) is 3.07. The maximum Gasteiger partial charge on any atom is 0.165 e. The number of phenolic OH excluding ortho intramolecular Hbond substituents is 1. The number of ether oxygens (including phenoxy) is 1. The number of aliphatic hydroxyl groups excluding tert-OH is 1. The number of phenols is 1. The molecule has 2 aromatic rings. The van der Waals surface area contributed by atoms with Crippen molar-refractivity contribution in [2.24, 2.45) is 0 Å². The van der Waals surface area contributed by atoms with Crippen LogP contribution >= 0.6 is 11.6 Å². The van der Waals surface area contributed by atoms with E-state index >= 15 is 0 Å². The van der Waals surface area contributed by atoms with Gasteiger partial charge in [-0.2, -0.15) is 0 Å². The van der Waals surface area contributed by atoms with Gasteiger partial charge in [-0.3, -0.25) is 9.88 Å². The van der Waals surface area contributed by atoms with Crippen molar-refractivity contribution in [3.8, 4) is 22.8 Å².